The van der Waals surface area contributed by atoms with Crippen LogP contribution in [0.1, 0.15) is 31.2 Å². The molecule has 0 aromatic heterocycles. The molecule has 3 heteroatoms. The summed E-state index contributed by atoms with van der Waals surface area (Å²) >= 11 is 0. The van der Waals surface area contributed by atoms with E-state index in [4.69, 9.17) is 5.73 Å². The second-order valence-corrected chi connectivity index (χ2v) is 3.33. The number of hydrogen-bond donors (Lipinski definition) is 1. The molecule has 0 aliphatic rings. The molecule has 0 fully saturated rings. The molecular weight excluding hydrogens is 181 g/mol. The van der Waals surface area contributed by atoms with Crippen molar-refractivity contribution in [3.63, 3.8) is 0 Å². The van der Waals surface area contributed by atoms with E-state index in [1.807, 2.05) is 13.0 Å². The van der Waals surface area contributed by atoms with Gasteiger partial charge in [-0.2, -0.15) is 0 Å². The van der Waals surface area contributed by atoms with E-state index in [0.717, 1.165) is 12.0 Å². The lowest BCUT2D eigenvalue weighted by atomic mass is 9.93. The average Bonchev–Trinajstić information content (AvgIpc) is 2.14. The number of primary amides is 1. The number of hydrogen-bond acceptors (Lipinski definition) is 1. The van der Waals surface area contributed by atoms with Crippen molar-refractivity contribution >= 4 is 5.91 Å². The van der Waals surface area contributed by atoms with Crippen LogP contribution in [0.25, 0.3) is 0 Å². The third-order valence-corrected chi connectivity index (χ3v) is 2.26. The van der Waals surface area contributed by atoms with Gasteiger partial charge >= 0.3 is 0 Å². The summed E-state index contributed by atoms with van der Waals surface area (Å²) in [6.07, 6.45) is 1.06. The van der Waals surface area contributed by atoms with Gasteiger partial charge in [0, 0.05) is 6.42 Å². The fourth-order valence-electron chi connectivity index (χ4n) is 1.50. The highest BCUT2D eigenvalue weighted by molar-refractivity contribution is 5.74. The molecule has 0 saturated carbocycles. The minimum Gasteiger partial charge on any atom is -0.370 e. The van der Waals surface area contributed by atoms with E-state index in [1.54, 1.807) is 6.07 Å². The van der Waals surface area contributed by atoms with Crippen molar-refractivity contribution in [2.24, 2.45) is 5.73 Å². The molecule has 14 heavy (non-hydrogen) atoms. The molecule has 0 saturated heterocycles. The van der Waals surface area contributed by atoms with E-state index in [-0.39, 0.29) is 24.1 Å². The van der Waals surface area contributed by atoms with Gasteiger partial charge in [-0.1, -0.05) is 19.1 Å². The van der Waals surface area contributed by atoms with Gasteiger partial charge < -0.3 is 5.73 Å². The Kier molecular flexibility index (Phi) is 3.63. The topological polar surface area (TPSA) is 43.1 Å². The number of carbonyl (C=O) groups excluding carboxylic acids is 1. The van der Waals surface area contributed by atoms with Crippen LogP contribution in [0.2, 0.25) is 0 Å². The average molecular weight is 195 g/mol. The maximum Gasteiger partial charge on any atom is 0.218 e. The van der Waals surface area contributed by atoms with Gasteiger partial charge in [0.2, 0.25) is 5.91 Å². The molecule has 2 N–H and O–H groups in total. The second-order valence-electron chi connectivity index (χ2n) is 3.33. The zero-order valence-corrected chi connectivity index (χ0v) is 8.16. The summed E-state index contributed by atoms with van der Waals surface area (Å²) in [6, 6.07) is 6.31. The lowest BCUT2D eigenvalue weighted by Gasteiger charge is -2.12. The van der Waals surface area contributed by atoms with Gasteiger partial charge in [-0.25, -0.2) is 4.39 Å². The third-order valence-electron chi connectivity index (χ3n) is 2.26. The molecule has 1 aromatic rings. The van der Waals surface area contributed by atoms with E-state index in [0.29, 0.717) is 0 Å². The fourth-order valence-corrected chi connectivity index (χ4v) is 1.50. The van der Waals surface area contributed by atoms with E-state index in [1.165, 1.54) is 12.1 Å². The molecule has 1 atom stereocenters. The molecule has 1 rings (SSSR count). The van der Waals surface area contributed by atoms with Gasteiger partial charge in [-0.3, -0.25) is 4.79 Å². The molecule has 0 aliphatic heterocycles. The Morgan fingerprint density at radius 1 is 1.57 bits per heavy atom. The van der Waals surface area contributed by atoms with Crippen molar-refractivity contribution in [1.82, 2.24) is 0 Å². The van der Waals surface area contributed by atoms with E-state index in [9.17, 15) is 9.18 Å². The van der Waals surface area contributed by atoms with E-state index < -0.39 is 0 Å². The molecule has 0 radical (unpaired) electrons. The number of rotatable bonds is 4. The van der Waals surface area contributed by atoms with Crippen LogP contribution in [0.3, 0.4) is 0 Å². The first kappa shape index (κ1) is 10.7. The predicted molar refractivity (Wildman–Crippen MR) is 53.2 cm³/mol. The molecule has 0 heterocycles. The van der Waals surface area contributed by atoms with Gasteiger partial charge in [-0.05, 0) is 30.0 Å². The number of amides is 1. The molecule has 0 aliphatic carbocycles. The Morgan fingerprint density at radius 2 is 2.29 bits per heavy atom. The molecule has 1 aromatic carbocycles. The van der Waals surface area contributed by atoms with Crippen LogP contribution in [0, 0.1) is 5.82 Å². The maximum absolute atomic E-state index is 12.9. The van der Waals surface area contributed by atoms with Crippen LogP contribution in [-0.4, -0.2) is 5.91 Å². The standard InChI is InChI=1S/C11H14FNO/c1-2-8(7-11(13)14)9-4-3-5-10(12)6-9/h3-6,8H,2,7H2,1H3,(H2,13,14). The van der Waals surface area contributed by atoms with Crippen LogP contribution < -0.4 is 5.73 Å². The maximum atomic E-state index is 12.9. The first-order valence-electron chi connectivity index (χ1n) is 4.67. The summed E-state index contributed by atoms with van der Waals surface area (Å²) in [5, 5.41) is 0. The number of halogens is 1. The summed E-state index contributed by atoms with van der Waals surface area (Å²) in [4.78, 5) is 10.8. The smallest absolute Gasteiger partial charge is 0.218 e. The van der Waals surface area contributed by atoms with Crippen LogP contribution in [0.15, 0.2) is 24.3 Å². The lowest BCUT2D eigenvalue weighted by molar-refractivity contribution is -0.118. The van der Waals surface area contributed by atoms with Gasteiger partial charge in [0.1, 0.15) is 5.82 Å². The second kappa shape index (κ2) is 4.74. The predicted octanol–water partition coefficient (Wildman–Crippen LogP) is 2.19. The fraction of sp³-hybridized carbons (Fsp3) is 0.364. The van der Waals surface area contributed by atoms with Crippen LogP contribution in [-0.2, 0) is 4.79 Å². The Hall–Kier alpha value is -1.38. The minimum absolute atomic E-state index is 0.0307. The number of benzene rings is 1. The van der Waals surface area contributed by atoms with Gasteiger partial charge in [0.25, 0.3) is 0 Å². The van der Waals surface area contributed by atoms with Crippen LogP contribution >= 0.6 is 0 Å². The summed E-state index contributed by atoms with van der Waals surface area (Å²) in [7, 11) is 0. The normalized spacial score (nSPS) is 12.4. The molecule has 76 valence electrons. The first-order valence-corrected chi connectivity index (χ1v) is 4.67. The highest BCUT2D eigenvalue weighted by Gasteiger charge is 2.12. The van der Waals surface area contributed by atoms with Gasteiger partial charge in [0.05, 0.1) is 0 Å². The minimum atomic E-state index is -0.346. The van der Waals surface area contributed by atoms with E-state index >= 15 is 0 Å². The quantitative estimate of drug-likeness (QED) is 0.786. The molecule has 1 amide bonds. The summed E-state index contributed by atoms with van der Waals surface area (Å²) < 4.78 is 12.9. The summed E-state index contributed by atoms with van der Waals surface area (Å²) in [5.41, 5.74) is 5.95. The van der Waals surface area contributed by atoms with Crippen molar-refractivity contribution in [3.8, 4) is 0 Å². The Labute approximate surface area is 82.9 Å². The zero-order valence-electron chi connectivity index (χ0n) is 8.16. The monoisotopic (exact) mass is 195 g/mol. The Balaban J connectivity index is 2.83. The third kappa shape index (κ3) is 2.83. The zero-order chi connectivity index (χ0) is 10.6. The van der Waals surface area contributed by atoms with Gasteiger partial charge in [0.15, 0.2) is 0 Å². The molecule has 0 spiro atoms. The highest BCUT2D eigenvalue weighted by Crippen LogP contribution is 2.23. The van der Waals surface area contributed by atoms with Crippen molar-refractivity contribution in [2.75, 3.05) is 0 Å². The van der Waals surface area contributed by atoms with Gasteiger partial charge in [-0.15, -0.1) is 0 Å². The summed E-state index contributed by atoms with van der Waals surface area (Å²) in [5.74, 6) is -0.588. The molecule has 1 unspecified atom stereocenters. The first-order chi connectivity index (χ1) is 6.63. The van der Waals surface area contributed by atoms with Crippen molar-refractivity contribution < 1.29 is 9.18 Å². The SMILES string of the molecule is CCC(CC(N)=O)c1cccc(F)c1. The van der Waals surface area contributed by atoms with Crippen LogP contribution in [0.4, 0.5) is 4.39 Å². The summed E-state index contributed by atoms with van der Waals surface area (Å²) in [6.45, 7) is 1.96. The van der Waals surface area contributed by atoms with E-state index in [2.05, 4.69) is 0 Å². The van der Waals surface area contributed by atoms with Crippen molar-refractivity contribution in [3.05, 3.63) is 35.6 Å². The molecule has 2 nitrogen and oxygen atoms in total. The Bertz CT molecular complexity index is 325. The molecule has 0 bridgehead atoms. The van der Waals surface area contributed by atoms with Crippen LogP contribution in [0.5, 0.6) is 0 Å². The molecular formula is C11H14FNO. The highest BCUT2D eigenvalue weighted by atomic mass is 19.1. The number of carbonyl (C=O) groups is 1. The number of nitrogens with two attached hydrogens (primary N) is 1. The van der Waals surface area contributed by atoms with Crippen molar-refractivity contribution in [2.45, 2.75) is 25.7 Å². The van der Waals surface area contributed by atoms with Crippen molar-refractivity contribution in [1.29, 1.82) is 0 Å². The Morgan fingerprint density at radius 3 is 2.79 bits per heavy atom. The lowest BCUT2D eigenvalue weighted by Crippen LogP contribution is -2.15. The largest absolute Gasteiger partial charge is 0.370 e.